The average Bonchev–Trinajstić information content (AvgIpc) is 2.90. The molecule has 0 aliphatic heterocycles. The number of carbonyl (C=O) groups excluding carboxylic acids is 2. The molecule has 0 heterocycles. The lowest BCUT2D eigenvalue weighted by Crippen LogP contribution is -2.48. The Bertz CT molecular complexity index is 556. The highest BCUT2D eigenvalue weighted by Crippen LogP contribution is 2.29. The van der Waals surface area contributed by atoms with Crippen molar-refractivity contribution in [1.29, 1.82) is 0 Å². The highest BCUT2D eigenvalue weighted by molar-refractivity contribution is 7.82. The fraction of sp³-hybridized carbons (Fsp3) is 0.938. The Balaban J connectivity index is 4.05. The fourth-order valence-electron chi connectivity index (χ4n) is 4.47. The zero-order valence-corrected chi connectivity index (χ0v) is 26.4. The van der Waals surface area contributed by atoms with Crippen molar-refractivity contribution in [2.45, 2.75) is 173 Å². The maximum absolute atomic E-state index is 12.8. The van der Waals surface area contributed by atoms with Gasteiger partial charge in [0.15, 0.2) is 0 Å². The van der Waals surface area contributed by atoms with Gasteiger partial charge in [-0.15, -0.1) is 0 Å². The van der Waals surface area contributed by atoms with E-state index in [9.17, 15) is 9.59 Å². The molecular formula is C32H62O5S. The van der Waals surface area contributed by atoms with E-state index in [1.54, 1.807) is 6.92 Å². The zero-order chi connectivity index (χ0) is 28.3. The molecule has 0 rings (SSSR count). The van der Waals surface area contributed by atoms with Crippen molar-refractivity contribution in [3.05, 3.63) is 0 Å². The monoisotopic (exact) mass is 558 g/mol. The van der Waals surface area contributed by atoms with E-state index < -0.39 is 22.8 Å². The van der Waals surface area contributed by atoms with Gasteiger partial charge in [-0.1, -0.05) is 130 Å². The van der Waals surface area contributed by atoms with Crippen LogP contribution in [0.4, 0.5) is 0 Å². The summed E-state index contributed by atoms with van der Waals surface area (Å²) in [7, 11) is 0. The smallest absolute Gasteiger partial charge is 0.325 e. The van der Waals surface area contributed by atoms with E-state index >= 15 is 0 Å². The second-order valence-corrected chi connectivity index (χ2v) is 11.8. The first-order valence-electron chi connectivity index (χ1n) is 16.1. The molecule has 0 saturated heterocycles. The molecule has 0 saturated carbocycles. The highest BCUT2D eigenvalue weighted by Gasteiger charge is 2.45. The van der Waals surface area contributed by atoms with Gasteiger partial charge < -0.3 is 14.2 Å². The zero-order valence-electron chi connectivity index (χ0n) is 25.5. The number of unbranched alkanes of at least 4 members (excludes halogenated alkanes) is 17. The molecular weight excluding hydrogens is 496 g/mol. The van der Waals surface area contributed by atoms with E-state index in [-0.39, 0.29) is 6.42 Å². The SMILES string of the molecule is CCCCCCCCCCCCCCCCCCOC(C)[C@@](S)(CC(=O)OCCCC)C(=O)OCCCC. The van der Waals surface area contributed by atoms with Crippen LogP contribution in [0.2, 0.25) is 0 Å². The molecule has 2 atom stereocenters. The summed E-state index contributed by atoms with van der Waals surface area (Å²) in [6.45, 7) is 9.40. The van der Waals surface area contributed by atoms with E-state index in [4.69, 9.17) is 14.2 Å². The van der Waals surface area contributed by atoms with Gasteiger partial charge in [0, 0.05) is 6.61 Å². The number of thiol groups is 1. The maximum Gasteiger partial charge on any atom is 0.325 e. The van der Waals surface area contributed by atoms with E-state index in [1.165, 1.54) is 89.9 Å². The second-order valence-electron chi connectivity index (χ2n) is 11.0. The minimum atomic E-state index is -1.34. The van der Waals surface area contributed by atoms with Gasteiger partial charge in [-0.3, -0.25) is 9.59 Å². The number of esters is 2. The highest BCUT2D eigenvalue weighted by atomic mass is 32.1. The van der Waals surface area contributed by atoms with Crippen LogP contribution in [-0.2, 0) is 23.8 Å². The van der Waals surface area contributed by atoms with Gasteiger partial charge in [0.2, 0.25) is 0 Å². The third-order valence-corrected chi connectivity index (χ3v) is 8.00. The summed E-state index contributed by atoms with van der Waals surface area (Å²) >= 11 is 4.63. The van der Waals surface area contributed by atoms with Crippen molar-refractivity contribution in [3.8, 4) is 0 Å². The third kappa shape index (κ3) is 20.2. The van der Waals surface area contributed by atoms with E-state index in [0.29, 0.717) is 19.8 Å². The van der Waals surface area contributed by atoms with Gasteiger partial charge in [-0.2, -0.15) is 12.6 Å². The van der Waals surface area contributed by atoms with Crippen molar-refractivity contribution < 1.29 is 23.8 Å². The van der Waals surface area contributed by atoms with Crippen molar-refractivity contribution in [1.82, 2.24) is 0 Å². The molecule has 5 nitrogen and oxygen atoms in total. The molecule has 0 fully saturated rings. The van der Waals surface area contributed by atoms with Gasteiger partial charge in [0.25, 0.3) is 0 Å². The van der Waals surface area contributed by atoms with Gasteiger partial charge in [0.05, 0.1) is 25.7 Å². The van der Waals surface area contributed by atoms with Crippen LogP contribution >= 0.6 is 12.6 Å². The molecule has 38 heavy (non-hydrogen) atoms. The molecule has 0 aliphatic carbocycles. The van der Waals surface area contributed by atoms with Crippen LogP contribution in [0.3, 0.4) is 0 Å². The van der Waals surface area contributed by atoms with Crippen molar-refractivity contribution in [2.75, 3.05) is 19.8 Å². The van der Waals surface area contributed by atoms with Crippen LogP contribution < -0.4 is 0 Å². The summed E-state index contributed by atoms with van der Waals surface area (Å²) in [5.74, 6) is -0.931. The Kier molecular flexibility index (Phi) is 25.9. The minimum Gasteiger partial charge on any atom is -0.466 e. The first-order valence-corrected chi connectivity index (χ1v) is 16.5. The summed E-state index contributed by atoms with van der Waals surface area (Å²) in [5.41, 5.74) is 0. The minimum absolute atomic E-state index is 0.148. The summed E-state index contributed by atoms with van der Waals surface area (Å²) in [4.78, 5) is 25.2. The molecule has 0 amide bonds. The summed E-state index contributed by atoms with van der Waals surface area (Å²) in [5, 5.41) is 0. The molecule has 1 unspecified atom stereocenters. The number of rotatable bonds is 28. The van der Waals surface area contributed by atoms with Crippen molar-refractivity contribution in [2.24, 2.45) is 0 Å². The largest absolute Gasteiger partial charge is 0.466 e. The standard InChI is InChI=1S/C32H62O5S/c1-5-8-11-12-13-14-15-16-17-18-19-20-21-22-23-24-27-35-29(4)32(38,31(34)37-26-10-7-3)28-30(33)36-25-9-6-2/h29,38H,5-28H2,1-4H3/t29?,32-/m0/s1. The Morgan fingerprint density at radius 3 is 1.42 bits per heavy atom. The van der Waals surface area contributed by atoms with E-state index in [1.807, 2.05) is 13.8 Å². The number of carbonyl (C=O) groups is 2. The molecule has 226 valence electrons. The Hall–Kier alpha value is -0.750. The van der Waals surface area contributed by atoms with Crippen molar-refractivity contribution in [3.63, 3.8) is 0 Å². The van der Waals surface area contributed by atoms with Crippen LogP contribution in [0, 0.1) is 0 Å². The van der Waals surface area contributed by atoms with Crippen LogP contribution in [-0.4, -0.2) is 42.6 Å². The summed E-state index contributed by atoms with van der Waals surface area (Å²) in [6.07, 6.45) is 24.0. The van der Waals surface area contributed by atoms with E-state index in [0.717, 1.165) is 38.5 Å². The molecule has 0 aliphatic rings. The molecule has 0 aromatic carbocycles. The van der Waals surface area contributed by atoms with Gasteiger partial charge in [0.1, 0.15) is 4.75 Å². The Morgan fingerprint density at radius 2 is 0.974 bits per heavy atom. The second kappa shape index (κ2) is 26.5. The quantitative estimate of drug-likeness (QED) is 0.0589. The average molecular weight is 559 g/mol. The van der Waals surface area contributed by atoms with Gasteiger partial charge in [-0.25, -0.2) is 0 Å². The van der Waals surface area contributed by atoms with Crippen LogP contribution in [0.1, 0.15) is 163 Å². The first-order chi connectivity index (χ1) is 18.4. The molecule has 6 heteroatoms. The molecule has 0 spiro atoms. The topological polar surface area (TPSA) is 61.8 Å². The fourth-order valence-corrected chi connectivity index (χ4v) is 4.73. The Labute approximate surface area is 241 Å². The Morgan fingerprint density at radius 1 is 0.579 bits per heavy atom. The van der Waals surface area contributed by atoms with Crippen LogP contribution in [0.5, 0.6) is 0 Å². The molecule has 0 radical (unpaired) electrons. The van der Waals surface area contributed by atoms with Crippen LogP contribution in [0.15, 0.2) is 0 Å². The number of hydrogen-bond acceptors (Lipinski definition) is 6. The molecule has 0 aromatic heterocycles. The normalized spacial score (nSPS) is 13.7. The van der Waals surface area contributed by atoms with Gasteiger partial charge in [-0.05, 0) is 26.2 Å². The molecule has 0 aromatic rings. The van der Waals surface area contributed by atoms with Gasteiger partial charge >= 0.3 is 11.9 Å². The predicted molar refractivity (Wildman–Crippen MR) is 163 cm³/mol. The molecule has 0 N–H and O–H groups in total. The number of hydrogen-bond donors (Lipinski definition) is 1. The lowest BCUT2D eigenvalue weighted by molar-refractivity contribution is -0.157. The summed E-state index contributed by atoms with van der Waals surface area (Å²) < 4.78 is 15.4. The summed E-state index contributed by atoms with van der Waals surface area (Å²) in [6, 6.07) is 0. The van der Waals surface area contributed by atoms with E-state index in [2.05, 4.69) is 19.6 Å². The lowest BCUT2D eigenvalue weighted by Gasteiger charge is -2.31. The van der Waals surface area contributed by atoms with Crippen molar-refractivity contribution >= 4 is 24.6 Å². The third-order valence-electron chi connectivity index (χ3n) is 7.30. The van der Waals surface area contributed by atoms with Crippen LogP contribution in [0.25, 0.3) is 0 Å². The maximum atomic E-state index is 12.8. The molecule has 0 bridgehead atoms. The lowest BCUT2D eigenvalue weighted by atomic mass is 9.98. The predicted octanol–water partition coefficient (Wildman–Crippen LogP) is 9.40. The number of ether oxygens (including phenoxy) is 3. The first kappa shape index (κ1) is 37.2.